The molecule has 0 saturated heterocycles. The number of ether oxygens (including phenoxy) is 1. The average molecular weight is 222 g/mol. The van der Waals surface area contributed by atoms with E-state index < -0.39 is 0 Å². The molecule has 1 aliphatic carbocycles. The van der Waals surface area contributed by atoms with Crippen molar-refractivity contribution in [3.05, 3.63) is 28.7 Å². The second-order valence-corrected chi connectivity index (χ2v) is 4.35. The molecule has 1 heterocycles. The maximum absolute atomic E-state index is 11.9. The van der Waals surface area contributed by atoms with E-state index in [9.17, 15) is 4.79 Å². The normalized spacial score (nSPS) is 25.6. The molecule has 0 amide bonds. The van der Waals surface area contributed by atoms with Gasteiger partial charge in [0.1, 0.15) is 0 Å². The van der Waals surface area contributed by atoms with Gasteiger partial charge in [-0.1, -0.05) is 0 Å². The molecular formula is C12H18N2O2. The molecule has 0 radical (unpaired) electrons. The predicted octanol–water partition coefficient (Wildman–Crippen LogP) is 1.56. The molecule has 2 rings (SSSR count). The SMILES string of the molecule is CO[C@@H]1CCCC(n2cccc(N)c2=O)C1. The lowest BCUT2D eigenvalue weighted by atomic mass is 9.92. The molecule has 0 spiro atoms. The summed E-state index contributed by atoms with van der Waals surface area (Å²) in [5.41, 5.74) is 5.87. The Balaban J connectivity index is 2.23. The zero-order valence-corrected chi connectivity index (χ0v) is 9.56. The van der Waals surface area contributed by atoms with Crippen LogP contribution in [0.3, 0.4) is 0 Å². The van der Waals surface area contributed by atoms with Gasteiger partial charge in [-0.25, -0.2) is 0 Å². The molecule has 1 fully saturated rings. The van der Waals surface area contributed by atoms with E-state index in [4.69, 9.17) is 10.5 Å². The Bertz CT molecular complexity index is 414. The smallest absolute Gasteiger partial charge is 0.273 e. The van der Waals surface area contributed by atoms with Crippen LogP contribution in [0, 0.1) is 0 Å². The Kier molecular flexibility index (Phi) is 3.29. The average Bonchev–Trinajstić information content (AvgIpc) is 2.33. The van der Waals surface area contributed by atoms with E-state index in [1.165, 1.54) is 0 Å². The van der Waals surface area contributed by atoms with Crippen LogP contribution < -0.4 is 11.3 Å². The maximum atomic E-state index is 11.9. The first-order valence-electron chi connectivity index (χ1n) is 5.72. The van der Waals surface area contributed by atoms with E-state index in [1.807, 2.05) is 12.3 Å². The van der Waals surface area contributed by atoms with Crippen molar-refractivity contribution in [2.45, 2.75) is 37.8 Å². The third-order valence-electron chi connectivity index (χ3n) is 3.33. The van der Waals surface area contributed by atoms with Crippen LogP contribution in [0.2, 0.25) is 0 Å². The Hall–Kier alpha value is -1.29. The van der Waals surface area contributed by atoms with Crippen molar-refractivity contribution in [3.63, 3.8) is 0 Å². The zero-order valence-electron chi connectivity index (χ0n) is 9.56. The summed E-state index contributed by atoms with van der Waals surface area (Å²) < 4.78 is 7.12. The molecule has 2 N–H and O–H groups in total. The summed E-state index contributed by atoms with van der Waals surface area (Å²) in [4.78, 5) is 11.9. The summed E-state index contributed by atoms with van der Waals surface area (Å²) >= 11 is 0. The van der Waals surface area contributed by atoms with Crippen LogP contribution in [0.1, 0.15) is 31.7 Å². The van der Waals surface area contributed by atoms with Crippen molar-refractivity contribution in [1.29, 1.82) is 0 Å². The lowest BCUT2D eigenvalue weighted by Gasteiger charge is -2.29. The number of hydrogen-bond donors (Lipinski definition) is 1. The number of aromatic nitrogens is 1. The number of anilines is 1. The van der Waals surface area contributed by atoms with Gasteiger partial charge in [0.25, 0.3) is 5.56 Å². The number of pyridine rings is 1. The highest BCUT2D eigenvalue weighted by molar-refractivity contribution is 5.33. The summed E-state index contributed by atoms with van der Waals surface area (Å²) in [5.74, 6) is 0. The van der Waals surface area contributed by atoms with E-state index in [0.29, 0.717) is 5.69 Å². The number of rotatable bonds is 2. The molecule has 4 heteroatoms. The first-order chi connectivity index (χ1) is 7.72. The molecule has 0 aromatic carbocycles. The van der Waals surface area contributed by atoms with Gasteiger partial charge in [-0.05, 0) is 37.8 Å². The standard InChI is InChI=1S/C12H18N2O2/c1-16-10-5-2-4-9(8-10)14-7-3-6-11(13)12(14)15/h3,6-7,9-10H,2,4-5,8,13H2,1H3/t9?,10-/m1/s1. The van der Waals surface area contributed by atoms with Crippen LogP contribution in [0.25, 0.3) is 0 Å². The number of nitrogens with two attached hydrogens (primary N) is 1. The van der Waals surface area contributed by atoms with E-state index >= 15 is 0 Å². The minimum absolute atomic E-state index is 0.0794. The monoisotopic (exact) mass is 222 g/mol. The highest BCUT2D eigenvalue weighted by atomic mass is 16.5. The first-order valence-corrected chi connectivity index (χ1v) is 5.72. The van der Waals surface area contributed by atoms with E-state index in [0.717, 1.165) is 25.7 Å². The Labute approximate surface area is 95.0 Å². The van der Waals surface area contributed by atoms with Crippen molar-refractivity contribution in [1.82, 2.24) is 4.57 Å². The molecule has 1 aromatic heterocycles. The van der Waals surface area contributed by atoms with Crippen LogP contribution in [0.5, 0.6) is 0 Å². The first kappa shape index (κ1) is 11.2. The van der Waals surface area contributed by atoms with Crippen molar-refractivity contribution < 1.29 is 4.74 Å². The van der Waals surface area contributed by atoms with Crippen LogP contribution in [-0.4, -0.2) is 17.8 Å². The van der Waals surface area contributed by atoms with Crippen molar-refractivity contribution >= 4 is 5.69 Å². The van der Waals surface area contributed by atoms with Crippen LogP contribution in [-0.2, 0) is 4.74 Å². The Morgan fingerprint density at radius 1 is 1.50 bits per heavy atom. The van der Waals surface area contributed by atoms with Gasteiger partial charge in [-0.3, -0.25) is 4.79 Å². The van der Waals surface area contributed by atoms with Crippen molar-refractivity contribution in [2.24, 2.45) is 0 Å². The molecule has 1 unspecified atom stereocenters. The second kappa shape index (κ2) is 4.70. The minimum Gasteiger partial charge on any atom is -0.394 e. The number of hydrogen-bond acceptors (Lipinski definition) is 3. The summed E-state index contributed by atoms with van der Waals surface area (Å²) in [6, 6.07) is 3.71. The van der Waals surface area contributed by atoms with Gasteiger partial charge in [0.2, 0.25) is 0 Å². The molecule has 0 aliphatic heterocycles. The predicted molar refractivity (Wildman–Crippen MR) is 63.4 cm³/mol. The fourth-order valence-electron chi connectivity index (χ4n) is 2.40. The highest BCUT2D eigenvalue weighted by Gasteiger charge is 2.23. The molecule has 1 saturated carbocycles. The summed E-state index contributed by atoms with van der Waals surface area (Å²) in [5, 5.41) is 0. The quantitative estimate of drug-likeness (QED) is 0.826. The maximum Gasteiger partial charge on any atom is 0.273 e. The molecule has 1 aromatic rings. The third-order valence-corrected chi connectivity index (χ3v) is 3.33. The molecule has 88 valence electrons. The largest absolute Gasteiger partial charge is 0.394 e. The third kappa shape index (κ3) is 2.11. The van der Waals surface area contributed by atoms with Gasteiger partial charge < -0.3 is 15.0 Å². The summed E-state index contributed by atoms with van der Waals surface area (Å²) in [6.45, 7) is 0. The number of nitrogen functional groups attached to an aromatic ring is 1. The highest BCUT2D eigenvalue weighted by Crippen LogP contribution is 2.28. The molecule has 1 aliphatic rings. The Morgan fingerprint density at radius 3 is 3.06 bits per heavy atom. The fraction of sp³-hybridized carbons (Fsp3) is 0.583. The molecule has 0 bridgehead atoms. The van der Waals surface area contributed by atoms with E-state index in [1.54, 1.807) is 17.7 Å². The molecule has 16 heavy (non-hydrogen) atoms. The summed E-state index contributed by atoms with van der Waals surface area (Å²) in [7, 11) is 1.73. The van der Waals surface area contributed by atoms with Gasteiger partial charge in [0.05, 0.1) is 11.8 Å². The lowest BCUT2D eigenvalue weighted by Crippen LogP contribution is -2.31. The zero-order chi connectivity index (χ0) is 11.5. The van der Waals surface area contributed by atoms with Crippen molar-refractivity contribution in [3.8, 4) is 0 Å². The minimum atomic E-state index is -0.0794. The van der Waals surface area contributed by atoms with Crippen LogP contribution >= 0.6 is 0 Å². The van der Waals surface area contributed by atoms with Crippen LogP contribution in [0.4, 0.5) is 5.69 Å². The lowest BCUT2D eigenvalue weighted by molar-refractivity contribution is 0.0525. The Morgan fingerprint density at radius 2 is 2.31 bits per heavy atom. The topological polar surface area (TPSA) is 57.2 Å². The molecule has 2 atom stereocenters. The van der Waals surface area contributed by atoms with E-state index in [2.05, 4.69) is 0 Å². The van der Waals surface area contributed by atoms with Gasteiger partial charge >= 0.3 is 0 Å². The van der Waals surface area contributed by atoms with Gasteiger partial charge in [-0.2, -0.15) is 0 Å². The number of nitrogens with zero attached hydrogens (tertiary/aromatic N) is 1. The van der Waals surface area contributed by atoms with Gasteiger partial charge in [0.15, 0.2) is 0 Å². The van der Waals surface area contributed by atoms with Gasteiger partial charge in [-0.15, -0.1) is 0 Å². The van der Waals surface area contributed by atoms with Crippen LogP contribution in [0.15, 0.2) is 23.1 Å². The van der Waals surface area contributed by atoms with Crippen molar-refractivity contribution in [2.75, 3.05) is 12.8 Å². The molecule has 4 nitrogen and oxygen atoms in total. The number of methoxy groups -OCH3 is 1. The fourth-order valence-corrected chi connectivity index (χ4v) is 2.40. The summed E-state index contributed by atoms with van der Waals surface area (Å²) in [6.07, 6.45) is 6.21. The molecular weight excluding hydrogens is 204 g/mol. The van der Waals surface area contributed by atoms with Gasteiger partial charge in [0, 0.05) is 19.3 Å². The van der Waals surface area contributed by atoms with E-state index in [-0.39, 0.29) is 17.7 Å². The second-order valence-electron chi connectivity index (χ2n) is 4.35.